The first kappa shape index (κ1) is 13.1. The molecule has 18 heavy (non-hydrogen) atoms. The number of aromatic nitrogens is 1. The molecule has 1 aromatic carbocycles. The molecule has 2 rings (SSSR count). The number of ether oxygens (including phenoxy) is 1. The Morgan fingerprint density at radius 2 is 2.17 bits per heavy atom. The third-order valence-corrected chi connectivity index (χ3v) is 2.96. The maximum absolute atomic E-state index is 13.7. The average molecular weight is 286 g/mol. The molecule has 0 fully saturated rings. The highest BCUT2D eigenvalue weighted by atomic mass is 35.5. The van der Waals surface area contributed by atoms with Crippen molar-refractivity contribution in [1.82, 2.24) is 4.98 Å². The van der Waals surface area contributed by atoms with Crippen molar-refractivity contribution in [3.63, 3.8) is 0 Å². The van der Waals surface area contributed by atoms with E-state index >= 15 is 0 Å². The van der Waals surface area contributed by atoms with E-state index in [2.05, 4.69) is 4.98 Å². The summed E-state index contributed by atoms with van der Waals surface area (Å²) in [4.78, 5) is 4.10. The highest BCUT2D eigenvalue weighted by Crippen LogP contribution is 2.29. The van der Waals surface area contributed by atoms with E-state index in [0.29, 0.717) is 11.8 Å². The second kappa shape index (κ2) is 5.55. The van der Waals surface area contributed by atoms with Gasteiger partial charge in [-0.05, 0) is 30.7 Å². The van der Waals surface area contributed by atoms with Gasteiger partial charge in [0.05, 0.1) is 5.02 Å². The molecular formula is C13H10Cl2FNO. The Morgan fingerprint density at radius 1 is 1.39 bits per heavy atom. The molecule has 0 spiro atoms. The lowest BCUT2D eigenvalue weighted by Gasteiger charge is -2.09. The van der Waals surface area contributed by atoms with Gasteiger partial charge in [0.25, 0.3) is 0 Å². The summed E-state index contributed by atoms with van der Waals surface area (Å²) < 4.78 is 19.1. The fourth-order valence-corrected chi connectivity index (χ4v) is 1.78. The summed E-state index contributed by atoms with van der Waals surface area (Å²) in [5.41, 5.74) is 1.67. The third-order valence-electron chi connectivity index (χ3n) is 2.36. The van der Waals surface area contributed by atoms with Gasteiger partial charge in [-0.3, -0.25) is 0 Å². The van der Waals surface area contributed by atoms with E-state index in [1.807, 2.05) is 13.0 Å². The summed E-state index contributed by atoms with van der Waals surface area (Å²) in [6.07, 6.45) is 1.60. The largest absolute Gasteiger partial charge is 0.436 e. The Balaban J connectivity index is 2.31. The van der Waals surface area contributed by atoms with Crippen molar-refractivity contribution in [2.45, 2.75) is 12.8 Å². The van der Waals surface area contributed by atoms with Crippen LogP contribution in [-0.4, -0.2) is 4.98 Å². The van der Waals surface area contributed by atoms with Crippen molar-refractivity contribution in [2.75, 3.05) is 0 Å². The van der Waals surface area contributed by atoms with E-state index in [0.717, 1.165) is 11.1 Å². The first-order valence-electron chi connectivity index (χ1n) is 5.25. The summed E-state index contributed by atoms with van der Waals surface area (Å²) in [6.45, 7) is 1.82. The molecule has 0 aliphatic rings. The van der Waals surface area contributed by atoms with Gasteiger partial charge >= 0.3 is 0 Å². The zero-order valence-corrected chi connectivity index (χ0v) is 11.1. The quantitative estimate of drug-likeness (QED) is 0.762. The van der Waals surface area contributed by atoms with Gasteiger partial charge in [-0.1, -0.05) is 17.7 Å². The molecule has 1 heterocycles. The zero-order chi connectivity index (χ0) is 13.1. The summed E-state index contributed by atoms with van der Waals surface area (Å²) in [5, 5.41) is 0.0162. The second-order valence-electron chi connectivity index (χ2n) is 3.75. The Morgan fingerprint density at radius 3 is 2.83 bits per heavy atom. The Bertz CT molecular complexity index is 575. The molecule has 0 aliphatic carbocycles. The average Bonchev–Trinajstić information content (AvgIpc) is 2.37. The van der Waals surface area contributed by atoms with Crippen molar-refractivity contribution in [3.8, 4) is 11.6 Å². The predicted molar refractivity (Wildman–Crippen MR) is 70.0 cm³/mol. The van der Waals surface area contributed by atoms with E-state index in [9.17, 15) is 4.39 Å². The molecule has 0 N–H and O–H groups in total. The standard InChI is InChI=1S/C13H10Cl2FNO/c1-8-5-9(6-14)7-17-13(8)18-11-4-2-3-10(15)12(11)16/h2-5,7H,6H2,1H3. The summed E-state index contributed by atoms with van der Waals surface area (Å²) >= 11 is 11.4. The molecule has 0 saturated carbocycles. The molecule has 0 aliphatic heterocycles. The van der Waals surface area contributed by atoms with Crippen LogP contribution in [0.5, 0.6) is 11.6 Å². The zero-order valence-electron chi connectivity index (χ0n) is 9.58. The number of pyridine rings is 1. The molecule has 0 amide bonds. The number of hydrogen-bond donors (Lipinski definition) is 0. The number of aryl methyl sites for hydroxylation is 1. The minimum absolute atomic E-state index is 0.0162. The van der Waals surface area contributed by atoms with Crippen LogP contribution in [0.1, 0.15) is 11.1 Å². The lowest BCUT2D eigenvalue weighted by atomic mass is 10.2. The lowest BCUT2D eigenvalue weighted by Crippen LogP contribution is -1.95. The van der Waals surface area contributed by atoms with Crippen molar-refractivity contribution < 1.29 is 9.13 Å². The Hall–Kier alpha value is -1.32. The number of hydrogen-bond acceptors (Lipinski definition) is 2. The van der Waals surface area contributed by atoms with Crippen molar-refractivity contribution in [1.29, 1.82) is 0 Å². The first-order chi connectivity index (χ1) is 8.61. The van der Waals surface area contributed by atoms with Crippen LogP contribution in [0, 0.1) is 12.7 Å². The molecule has 1 aromatic heterocycles. The smallest absolute Gasteiger partial charge is 0.222 e. The Kier molecular flexibility index (Phi) is 4.04. The van der Waals surface area contributed by atoms with Crippen LogP contribution in [0.2, 0.25) is 5.02 Å². The number of halogens is 3. The normalized spacial score (nSPS) is 10.4. The maximum atomic E-state index is 13.7. The van der Waals surface area contributed by atoms with Crippen LogP contribution in [-0.2, 0) is 5.88 Å². The maximum Gasteiger partial charge on any atom is 0.222 e. The highest BCUT2D eigenvalue weighted by Gasteiger charge is 2.10. The number of alkyl halides is 1. The number of nitrogens with zero attached hydrogens (tertiary/aromatic N) is 1. The molecule has 0 bridgehead atoms. The SMILES string of the molecule is Cc1cc(CCl)cnc1Oc1cccc(Cl)c1F. The van der Waals surface area contributed by atoms with Crippen molar-refractivity contribution in [3.05, 3.63) is 52.4 Å². The van der Waals surface area contributed by atoms with Gasteiger partial charge < -0.3 is 4.74 Å². The molecule has 0 radical (unpaired) electrons. The van der Waals surface area contributed by atoms with E-state index in [4.69, 9.17) is 27.9 Å². The van der Waals surface area contributed by atoms with Crippen LogP contribution >= 0.6 is 23.2 Å². The summed E-state index contributed by atoms with van der Waals surface area (Å²) in [6, 6.07) is 6.42. The van der Waals surface area contributed by atoms with Gasteiger partial charge in [0, 0.05) is 17.6 Å². The summed E-state index contributed by atoms with van der Waals surface area (Å²) in [7, 11) is 0. The van der Waals surface area contributed by atoms with Crippen LogP contribution in [0.4, 0.5) is 4.39 Å². The monoisotopic (exact) mass is 285 g/mol. The van der Waals surface area contributed by atoms with Crippen molar-refractivity contribution >= 4 is 23.2 Å². The molecule has 94 valence electrons. The van der Waals surface area contributed by atoms with Gasteiger partial charge in [-0.15, -0.1) is 11.6 Å². The fourth-order valence-electron chi connectivity index (χ4n) is 1.47. The molecule has 2 aromatic rings. The van der Waals surface area contributed by atoms with Gasteiger partial charge in [-0.2, -0.15) is 0 Å². The molecule has 5 heteroatoms. The fraction of sp³-hybridized carbons (Fsp3) is 0.154. The van der Waals surface area contributed by atoms with E-state index in [1.165, 1.54) is 12.1 Å². The third kappa shape index (κ3) is 2.74. The minimum Gasteiger partial charge on any atom is -0.436 e. The highest BCUT2D eigenvalue weighted by molar-refractivity contribution is 6.30. The number of rotatable bonds is 3. The van der Waals surface area contributed by atoms with Gasteiger partial charge in [0.15, 0.2) is 11.6 Å². The van der Waals surface area contributed by atoms with Crippen molar-refractivity contribution in [2.24, 2.45) is 0 Å². The molecular weight excluding hydrogens is 276 g/mol. The second-order valence-corrected chi connectivity index (χ2v) is 4.43. The van der Waals surface area contributed by atoms with Crippen LogP contribution in [0.25, 0.3) is 0 Å². The van der Waals surface area contributed by atoms with E-state index < -0.39 is 5.82 Å². The van der Waals surface area contributed by atoms with E-state index in [-0.39, 0.29) is 10.8 Å². The Labute approximate surface area is 114 Å². The van der Waals surface area contributed by atoms with Crippen LogP contribution < -0.4 is 4.74 Å². The van der Waals surface area contributed by atoms with E-state index in [1.54, 1.807) is 12.3 Å². The molecule has 0 atom stereocenters. The van der Waals surface area contributed by atoms with Crippen LogP contribution in [0.3, 0.4) is 0 Å². The molecule has 2 nitrogen and oxygen atoms in total. The first-order valence-corrected chi connectivity index (χ1v) is 6.16. The molecule has 0 saturated heterocycles. The predicted octanol–water partition coefficient (Wildman–Crippen LogP) is 4.71. The van der Waals surface area contributed by atoms with Gasteiger partial charge in [-0.25, -0.2) is 9.37 Å². The number of benzene rings is 1. The minimum atomic E-state index is -0.596. The topological polar surface area (TPSA) is 22.1 Å². The van der Waals surface area contributed by atoms with Crippen LogP contribution in [0.15, 0.2) is 30.5 Å². The summed E-state index contributed by atoms with van der Waals surface area (Å²) in [5.74, 6) is 0.170. The van der Waals surface area contributed by atoms with Gasteiger partial charge in [0.1, 0.15) is 0 Å². The molecule has 0 unspecified atom stereocenters. The van der Waals surface area contributed by atoms with Gasteiger partial charge in [0.2, 0.25) is 5.88 Å². The lowest BCUT2D eigenvalue weighted by molar-refractivity contribution is 0.424.